The van der Waals surface area contributed by atoms with Crippen molar-refractivity contribution in [1.82, 2.24) is 0 Å². The standard InChI is InChI=1S/C33H53NO9/c1-9-10-12-20(4)30(43-33(34)39)22(6)27(35)18(2)13-11-14-19(3)28(36)25-16-15-24(41-32(25)40-8)17-26-21(5)29(37)23(7)31(38)42-26/h9-12,14-16,18-30,32,35-37H,1,13,17H2,2-8H3,(H2,34,39)/b12-10-,14-11-/t18-,19-,20?,21-,22-,23?,24+,25?,26-,27+,28+,29-,30-,32-/m0/s1. The zero-order chi connectivity index (χ0) is 32.4. The molecular weight excluding hydrogens is 554 g/mol. The highest BCUT2D eigenvalue weighted by molar-refractivity contribution is 5.73. The lowest BCUT2D eigenvalue weighted by atomic mass is 9.82. The Bertz CT molecular complexity index is 997. The van der Waals surface area contributed by atoms with Gasteiger partial charge in [0, 0.05) is 37.2 Å². The Morgan fingerprint density at radius 2 is 1.81 bits per heavy atom. The zero-order valence-electron chi connectivity index (χ0n) is 26.6. The van der Waals surface area contributed by atoms with Crippen LogP contribution in [0.25, 0.3) is 0 Å². The summed E-state index contributed by atoms with van der Waals surface area (Å²) in [6.07, 6.45) is 8.28. The van der Waals surface area contributed by atoms with E-state index in [1.54, 1.807) is 19.1 Å². The van der Waals surface area contributed by atoms with Crippen molar-refractivity contribution in [2.24, 2.45) is 47.2 Å². The van der Waals surface area contributed by atoms with Crippen LogP contribution in [0.2, 0.25) is 0 Å². The Morgan fingerprint density at radius 3 is 2.42 bits per heavy atom. The molecule has 1 amide bonds. The van der Waals surface area contributed by atoms with E-state index >= 15 is 0 Å². The molecule has 1 fully saturated rings. The maximum atomic E-state index is 12.1. The van der Waals surface area contributed by atoms with Crippen LogP contribution >= 0.6 is 0 Å². The molecule has 0 spiro atoms. The van der Waals surface area contributed by atoms with Crippen molar-refractivity contribution in [1.29, 1.82) is 0 Å². The first kappa shape index (κ1) is 36.7. The van der Waals surface area contributed by atoms with Crippen molar-refractivity contribution in [2.75, 3.05) is 7.11 Å². The number of ether oxygens (including phenoxy) is 4. The molecule has 43 heavy (non-hydrogen) atoms. The highest BCUT2D eigenvalue weighted by Crippen LogP contribution is 2.33. The van der Waals surface area contributed by atoms with E-state index in [-0.39, 0.29) is 29.6 Å². The predicted molar refractivity (Wildman–Crippen MR) is 163 cm³/mol. The number of primary amides is 1. The summed E-state index contributed by atoms with van der Waals surface area (Å²) in [7, 11) is 1.52. The normalized spacial score (nSPS) is 32.9. The smallest absolute Gasteiger partial charge is 0.404 e. The van der Waals surface area contributed by atoms with Crippen LogP contribution in [-0.4, -0.2) is 77.4 Å². The van der Waals surface area contributed by atoms with Gasteiger partial charge in [0.2, 0.25) is 0 Å². The highest BCUT2D eigenvalue weighted by Gasteiger charge is 2.42. The van der Waals surface area contributed by atoms with Crippen molar-refractivity contribution < 1.29 is 43.9 Å². The SMILES string of the molecule is C=C/C=C\C(C)[C@H](OC(N)=O)[C@@H](C)[C@H](O)[C@@H](C)C/C=C\[C@H](C)[C@@H](O)C1C=C[C@H](C[C@@H]2OC(=O)C(C)[C@@H](O)[C@H]2C)O[C@@H]1OC. The van der Waals surface area contributed by atoms with Crippen LogP contribution in [0.3, 0.4) is 0 Å². The summed E-state index contributed by atoms with van der Waals surface area (Å²) in [5.74, 6) is -2.62. The number of nitrogens with two attached hydrogens (primary N) is 1. The Labute approximate surface area is 256 Å². The lowest BCUT2D eigenvalue weighted by molar-refractivity contribution is -0.205. The number of cyclic esters (lactones) is 1. The molecule has 2 rings (SSSR count). The highest BCUT2D eigenvalue weighted by atomic mass is 16.7. The second-order valence-corrected chi connectivity index (χ2v) is 12.3. The number of hydrogen-bond donors (Lipinski definition) is 4. The fourth-order valence-corrected chi connectivity index (χ4v) is 5.96. The summed E-state index contributed by atoms with van der Waals surface area (Å²) in [5, 5.41) is 32.6. The van der Waals surface area contributed by atoms with Gasteiger partial charge in [-0.2, -0.15) is 0 Å². The van der Waals surface area contributed by atoms with Crippen molar-refractivity contribution in [2.45, 2.75) is 97.3 Å². The number of aliphatic hydroxyl groups is 3. The zero-order valence-corrected chi connectivity index (χ0v) is 26.6. The number of allylic oxidation sites excluding steroid dienone is 3. The van der Waals surface area contributed by atoms with Crippen LogP contribution in [0.15, 0.2) is 49.1 Å². The van der Waals surface area contributed by atoms with Crippen molar-refractivity contribution in [3.05, 3.63) is 49.1 Å². The minimum atomic E-state index is -0.889. The Morgan fingerprint density at radius 1 is 1.14 bits per heavy atom. The van der Waals surface area contributed by atoms with Gasteiger partial charge in [-0.1, -0.05) is 83.7 Å². The third-order valence-electron chi connectivity index (χ3n) is 8.99. The quantitative estimate of drug-likeness (QED) is 0.123. The molecule has 14 atom stereocenters. The minimum absolute atomic E-state index is 0.159. The number of hydrogen-bond acceptors (Lipinski definition) is 9. The first-order chi connectivity index (χ1) is 20.2. The van der Waals surface area contributed by atoms with Crippen molar-refractivity contribution in [3.8, 4) is 0 Å². The molecule has 1 saturated heterocycles. The van der Waals surface area contributed by atoms with Gasteiger partial charge in [-0.05, 0) is 19.3 Å². The van der Waals surface area contributed by atoms with E-state index in [2.05, 4.69) is 6.58 Å². The number of rotatable bonds is 15. The Balaban J connectivity index is 1.98. The van der Waals surface area contributed by atoms with Gasteiger partial charge >= 0.3 is 12.1 Å². The lowest BCUT2D eigenvalue weighted by Gasteiger charge is -2.40. The van der Waals surface area contributed by atoms with Crippen LogP contribution in [0.4, 0.5) is 4.79 Å². The molecule has 3 unspecified atom stereocenters. The van der Waals surface area contributed by atoms with E-state index in [1.807, 2.05) is 65.0 Å². The average Bonchev–Trinajstić information content (AvgIpc) is 2.98. The molecule has 2 aliphatic rings. The maximum absolute atomic E-state index is 12.1. The molecule has 0 aromatic carbocycles. The maximum Gasteiger partial charge on any atom is 0.404 e. The molecule has 2 heterocycles. The number of aliphatic hydroxyl groups excluding tert-OH is 3. The number of methoxy groups -OCH3 is 1. The monoisotopic (exact) mass is 607 g/mol. The molecular formula is C33H53NO9. The Hall–Kier alpha value is -2.50. The Kier molecular flexibility index (Phi) is 14.6. The molecule has 244 valence electrons. The summed E-state index contributed by atoms with van der Waals surface area (Å²) >= 11 is 0. The molecule has 0 bridgehead atoms. The van der Waals surface area contributed by atoms with Crippen LogP contribution < -0.4 is 5.73 Å². The molecule has 2 aliphatic heterocycles. The minimum Gasteiger partial charge on any atom is -0.462 e. The summed E-state index contributed by atoms with van der Waals surface area (Å²) in [6, 6.07) is 0. The summed E-state index contributed by atoms with van der Waals surface area (Å²) < 4.78 is 22.6. The second-order valence-electron chi connectivity index (χ2n) is 12.3. The van der Waals surface area contributed by atoms with Gasteiger partial charge in [0.25, 0.3) is 0 Å². The van der Waals surface area contributed by atoms with E-state index in [1.165, 1.54) is 7.11 Å². The van der Waals surface area contributed by atoms with Gasteiger partial charge in [0.1, 0.15) is 12.2 Å². The van der Waals surface area contributed by atoms with Crippen LogP contribution in [0, 0.1) is 41.4 Å². The molecule has 10 nitrogen and oxygen atoms in total. The van der Waals surface area contributed by atoms with Crippen molar-refractivity contribution >= 4 is 12.1 Å². The van der Waals surface area contributed by atoms with E-state index in [0.29, 0.717) is 12.8 Å². The third kappa shape index (κ3) is 10.0. The molecule has 10 heteroatoms. The van der Waals surface area contributed by atoms with Crippen LogP contribution in [0.5, 0.6) is 0 Å². The van der Waals surface area contributed by atoms with Gasteiger partial charge in [0.05, 0.1) is 36.3 Å². The van der Waals surface area contributed by atoms with Gasteiger partial charge in [-0.15, -0.1) is 0 Å². The van der Waals surface area contributed by atoms with Crippen LogP contribution in [-0.2, 0) is 23.7 Å². The predicted octanol–water partition coefficient (Wildman–Crippen LogP) is 3.90. The topological polar surface area (TPSA) is 158 Å². The fourth-order valence-electron chi connectivity index (χ4n) is 5.96. The summed E-state index contributed by atoms with van der Waals surface area (Å²) in [5.41, 5.74) is 5.30. The van der Waals surface area contributed by atoms with E-state index in [9.17, 15) is 24.9 Å². The molecule has 5 N–H and O–H groups in total. The molecule has 0 aromatic rings. The second kappa shape index (κ2) is 17.1. The molecule has 0 aromatic heterocycles. The van der Waals surface area contributed by atoms with E-state index in [0.717, 1.165) is 0 Å². The molecule has 0 saturated carbocycles. The molecule has 0 radical (unpaired) electrons. The largest absolute Gasteiger partial charge is 0.462 e. The third-order valence-corrected chi connectivity index (χ3v) is 8.99. The number of carbonyl (C=O) groups is 2. The van der Waals surface area contributed by atoms with E-state index < -0.39 is 66.8 Å². The fraction of sp³-hybridized carbons (Fsp3) is 0.697. The van der Waals surface area contributed by atoms with Gasteiger partial charge < -0.3 is 40.0 Å². The summed E-state index contributed by atoms with van der Waals surface area (Å²) in [6.45, 7) is 14.7. The van der Waals surface area contributed by atoms with Gasteiger partial charge in [-0.3, -0.25) is 4.79 Å². The van der Waals surface area contributed by atoms with Crippen molar-refractivity contribution in [3.63, 3.8) is 0 Å². The van der Waals surface area contributed by atoms with Crippen LogP contribution in [0.1, 0.15) is 54.4 Å². The number of amides is 1. The molecule has 0 aliphatic carbocycles. The first-order valence-corrected chi connectivity index (χ1v) is 15.3. The average molecular weight is 608 g/mol. The first-order valence-electron chi connectivity index (χ1n) is 15.3. The lowest BCUT2D eigenvalue weighted by Crippen LogP contribution is -2.49. The van der Waals surface area contributed by atoms with Gasteiger partial charge in [-0.25, -0.2) is 4.79 Å². The van der Waals surface area contributed by atoms with E-state index in [4.69, 9.17) is 24.7 Å². The number of esters is 1. The van der Waals surface area contributed by atoms with Gasteiger partial charge in [0.15, 0.2) is 6.29 Å². The number of carbonyl (C=O) groups excluding carboxylic acids is 2. The summed E-state index contributed by atoms with van der Waals surface area (Å²) in [4.78, 5) is 23.6.